The highest BCUT2D eigenvalue weighted by Gasteiger charge is 2.38. The summed E-state index contributed by atoms with van der Waals surface area (Å²) in [5, 5.41) is 12.2. The van der Waals surface area contributed by atoms with E-state index in [0.29, 0.717) is 30.9 Å². The topological polar surface area (TPSA) is 200 Å². The standard InChI is InChI=1S/C28H47BN6O8S2/c1-19(2)34-23(38)9-6-11-35-27(42)14-20(28(35)43)45-13-7-10-22(37)30-15-24(39)31-16-25(40)32-17-26(41)33-18-44-12-5-3-4-8-21(29)36/h19-20H,3-18,29H2,1-2H3,(H,30,37)(H,31,39)(H,32,40)(H,33,41)(H,34,38). The highest BCUT2D eigenvalue weighted by molar-refractivity contribution is 8.00. The number of carbonyl (C=O) groups is 8. The third-order valence-corrected chi connectivity index (χ3v) is 8.55. The van der Waals surface area contributed by atoms with Gasteiger partial charge in [0.1, 0.15) is 0 Å². The zero-order valence-corrected chi connectivity index (χ0v) is 28.1. The second kappa shape index (κ2) is 23.3. The Morgan fingerprint density at radius 3 is 1.98 bits per heavy atom. The van der Waals surface area contributed by atoms with Crippen LogP contribution in [0.5, 0.6) is 0 Å². The van der Waals surface area contributed by atoms with Crippen LogP contribution < -0.4 is 26.6 Å². The van der Waals surface area contributed by atoms with E-state index in [9.17, 15) is 38.4 Å². The van der Waals surface area contributed by atoms with Crippen LogP contribution in [0.15, 0.2) is 0 Å². The van der Waals surface area contributed by atoms with Gasteiger partial charge in [0.15, 0.2) is 7.85 Å². The van der Waals surface area contributed by atoms with Crippen molar-refractivity contribution in [3.8, 4) is 0 Å². The number of hydrogen-bond acceptors (Lipinski definition) is 10. The highest BCUT2D eigenvalue weighted by Crippen LogP contribution is 2.26. The van der Waals surface area contributed by atoms with Crippen LogP contribution in [-0.4, -0.2) is 115 Å². The lowest BCUT2D eigenvalue weighted by molar-refractivity contribution is -0.139. The minimum Gasteiger partial charge on any atom is -0.354 e. The van der Waals surface area contributed by atoms with Gasteiger partial charge in [-0.3, -0.25) is 38.5 Å². The van der Waals surface area contributed by atoms with Gasteiger partial charge in [0.25, 0.3) is 0 Å². The number of hydrogen-bond donors (Lipinski definition) is 5. The predicted octanol–water partition coefficient (Wildman–Crippen LogP) is -1.19. The molecule has 1 fully saturated rings. The minimum absolute atomic E-state index is 0.0282. The summed E-state index contributed by atoms with van der Waals surface area (Å²) in [6.07, 6.45) is 4.67. The average molecular weight is 671 g/mol. The van der Waals surface area contributed by atoms with Gasteiger partial charge in [-0.05, 0) is 57.5 Å². The van der Waals surface area contributed by atoms with Crippen LogP contribution in [0.25, 0.3) is 0 Å². The van der Waals surface area contributed by atoms with Gasteiger partial charge in [0.05, 0.1) is 36.4 Å². The predicted molar refractivity (Wildman–Crippen MR) is 176 cm³/mol. The van der Waals surface area contributed by atoms with Crippen LogP contribution in [0.3, 0.4) is 0 Å². The zero-order chi connectivity index (χ0) is 33.6. The van der Waals surface area contributed by atoms with Crippen LogP contribution in [0.2, 0.25) is 0 Å². The van der Waals surface area contributed by atoms with E-state index in [4.69, 9.17) is 0 Å². The fraction of sp³-hybridized carbons (Fsp3) is 0.714. The Bertz CT molecular complexity index is 1050. The maximum Gasteiger partial charge on any atom is 0.242 e. The lowest BCUT2D eigenvalue weighted by atomic mass is 9.97. The molecule has 1 atom stereocenters. The largest absolute Gasteiger partial charge is 0.354 e. The summed E-state index contributed by atoms with van der Waals surface area (Å²) >= 11 is 2.86. The quantitative estimate of drug-likeness (QED) is 0.0360. The molecule has 0 aromatic rings. The first-order valence-electron chi connectivity index (χ1n) is 15.3. The van der Waals surface area contributed by atoms with Gasteiger partial charge in [0.2, 0.25) is 41.4 Å². The molecule has 0 aromatic carbocycles. The van der Waals surface area contributed by atoms with E-state index in [0.717, 1.165) is 25.0 Å². The summed E-state index contributed by atoms with van der Waals surface area (Å²) < 4.78 is 0. The number of thioether (sulfide) groups is 2. The van der Waals surface area contributed by atoms with Crippen molar-refractivity contribution >= 4 is 78.4 Å². The highest BCUT2D eigenvalue weighted by atomic mass is 32.2. The second-order valence-corrected chi connectivity index (χ2v) is 13.3. The number of likely N-dealkylation sites (tertiary alicyclic amines) is 1. The number of carbonyl (C=O) groups excluding carboxylic acids is 8. The van der Waals surface area contributed by atoms with Gasteiger partial charge in [-0.1, -0.05) is 6.42 Å². The molecule has 17 heteroatoms. The minimum atomic E-state index is -0.561. The zero-order valence-electron chi connectivity index (χ0n) is 26.5. The SMILES string of the molecule is BC(=O)CCCCCSCNC(=O)CNC(=O)CNC(=O)CNC(=O)CCCSC1CC(=O)N(CCCC(=O)NC(C)C)C1=O. The molecule has 0 aromatic heterocycles. The third kappa shape index (κ3) is 19.8. The summed E-state index contributed by atoms with van der Waals surface area (Å²) in [5.74, 6) is -0.738. The van der Waals surface area contributed by atoms with Gasteiger partial charge in [-0.2, -0.15) is 0 Å². The van der Waals surface area contributed by atoms with Crippen molar-refractivity contribution < 1.29 is 38.4 Å². The van der Waals surface area contributed by atoms with Crippen LogP contribution in [0, 0.1) is 0 Å². The van der Waals surface area contributed by atoms with Crippen molar-refractivity contribution in [3.63, 3.8) is 0 Å². The van der Waals surface area contributed by atoms with Gasteiger partial charge < -0.3 is 31.4 Å². The molecule has 45 heavy (non-hydrogen) atoms. The second-order valence-electron chi connectivity index (χ2n) is 10.9. The molecule has 1 unspecified atom stereocenters. The summed E-state index contributed by atoms with van der Waals surface area (Å²) in [6, 6.07) is 0.0282. The first-order valence-corrected chi connectivity index (χ1v) is 17.5. The van der Waals surface area contributed by atoms with Crippen molar-refractivity contribution in [2.45, 2.75) is 82.9 Å². The molecule has 0 spiro atoms. The first kappa shape index (κ1) is 39.9. The van der Waals surface area contributed by atoms with Gasteiger partial charge in [0, 0.05) is 31.8 Å². The van der Waals surface area contributed by atoms with Gasteiger partial charge in [-0.15, -0.1) is 23.5 Å². The van der Waals surface area contributed by atoms with E-state index < -0.39 is 17.1 Å². The summed E-state index contributed by atoms with van der Waals surface area (Å²) in [7, 11) is 1.58. The monoisotopic (exact) mass is 670 g/mol. The average Bonchev–Trinajstić information content (AvgIpc) is 3.24. The fourth-order valence-corrected chi connectivity index (χ4v) is 5.98. The molecule has 0 radical (unpaired) electrons. The van der Waals surface area contributed by atoms with Crippen molar-refractivity contribution in [3.05, 3.63) is 0 Å². The molecule has 1 saturated heterocycles. The number of amides is 7. The maximum atomic E-state index is 12.6. The maximum absolute atomic E-state index is 12.6. The molecule has 0 saturated carbocycles. The van der Waals surface area contributed by atoms with E-state index in [1.54, 1.807) is 19.6 Å². The first-order chi connectivity index (χ1) is 21.4. The van der Waals surface area contributed by atoms with Crippen LogP contribution in [0.4, 0.5) is 0 Å². The molecule has 252 valence electrons. The van der Waals surface area contributed by atoms with E-state index >= 15 is 0 Å². The normalized spacial score (nSPS) is 14.3. The van der Waals surface area contributed by atoms with Gasteiger partial charge >= 0.3 is 0 Å². The van der Waals surface area contributed by atoms with Crippen molar-refractivity contribution in [1.29, 1.82) is 0 Å². The Kier molecular flexibility index (Phi) is 20.7. The Balaban J connectivity index is 2.08. The molecule has 0 aliphatic carbocycles. The Morgan fingerprint density at radius 1 is 0.756 bits per heavy atom. The van der Waals surface area contributed by atoms with Crippen LogP contribution in [-0.2, 0) is 38.4 Å². The molecule has 1 rings (SSSR count). The van der Waals surface area contributed by atoms with Crippen molar-refractivity contribution in [1.82, 2.24) is 31.5 Å². The molecule has 0 bridgehead atoms. The third-order valence-electron chi connectivity index (χ3n) is 6.33. The number of nitrogens with one attached hydrogen (secondary N) is 5. The molecule has 1 aliphatic heterocycles. The number of imide groups is 1. The summed E-state index contributed by atoms with van der Waals surface area (Å²) in [5.41, 5.74) is 0.188. The number of unbranched alkanes of at least 4 members (excludes halogenated alkanes) is 2. The molecule has 1 heterocycles. The molecule has 5 N–H and O–H groups in total. The number of nitrogens with zero attached hydrogens (tertiary/aromatic N) is 1. The smallest absolute Gasteiger partial charge is 0.242 e. The van der Waals surface area contributed by atoms with Crippen LogP contribution in [0.1, 0.15) is 71.6 Å². The molecule has 7 amide bonds. The van der Waals surface area contributed by atoms with E-state index in [1.165, 1.54) is 16.7 Å². The van der Waals surface area contributed by atoms with E-state index in [2.05, 4.69) is 26.6 Å². The van der Waals surface area contributed by atoms with Crippen molar-refractivity contribution in [2.75, 3.05) is 43.6 Å². The summed E-state index contributed by atoms with van der Waals surface area (Å²) in [4.78, 5) is 96.4. The molecular formula is C28H47BN6O8S2. The van der Waals surface area contributed by atoms with Crippen LogP contribution >= 0.6 is 23.5 Å². The van der Waals surface area contributed by atoms with Gasteiger partial charge in [-0.25, -0.2) is 0 Å². The molecule has 1 aliphatic rings. The summed E-state index contributed by atoms with van der Waals surface area (Å²) in [6.45, 7) is 3.03. The van der Waals surface area contributed by atoms with E-state index in [1.807, 2.05) is 13.8 Å². The Hall–Kier alpha value is -3.08. The molecular weight excluding hydrogens is 623 g/mol. The fourth-order valence-electron chi connectivity index (χ4n) is 4.04. The Morgan fingerprint density at radius 2 is 1.36 bits per heavy atom. The van der Waals surface area contributed by atoms with E-state index in [-0.39, 0.29) is 86.7 Å². The number of rotatable bonds is 24. The molecule has 14 nitrogen and oxygen atoms in total. The Labute approximate surface area is 274 Å². The lowest BCUT2D eigenvalue weighted by Crippen LogP contribution is -2.44. The lowest BCUT2D eigenvalue weighted by Gasteiger charge is -2.15. The van der Waals surface area contributed by atoms with Crippen molar-refractivity contribution in [2.24, 2.45) is 0 Å².